The molecule has 6 heteroatoms. The van der Waals surface area contributed by atoms with E-state index in [0.717, 1.165) is 22.6 Å². The van der Waals surface area contributed by atoms with Gasteiger partial charge in [-0.1, -0.05) is 12.1 Å². The van der Waals surface area contributed by atoms with Crippen molar-refractivity contribution in [1.29, 1.82) is 0 Å². The Hall–Kier alpha value is -2.21. The van der Waals surface area contributed by atoms with E-state index in [1.54, 1.807) is 4.90 Å². The predicted octanol–water partition coefficient (Wildman–Crippen LogP) is -1.18. The van der Waals surface area contributed by atoms with E-state index in [4.69, 9.17) is 0 Å². The molecule has 0 aromatic heterocycles. The van der Waals surface area contributed by atoms with Crippen LogP contribution in [0.4, 0.5) is 5.69 Å². The topological polar surface area (TPSA) is 82.0 Å². The highest BCUT2D eigenvalue weighted by Crippen LogP contribution is 2.29. The average Bonchev–Trinajstić information content (AvgIpc) is 2.98. The van der Waals surface area contributed by atoms with Gasteiger partial charge >= 0.3 is 0 Å². The number of carbonyl (C=O) groups is 3. The van der Waals surface area contributed by atoms with E-state index in [0.29, 0.717) is 44.6 Å². The molecule has 1 aromatic rings. The van der Waals surface area contributed by atoms with E-state index in [2.05, 4.69) is 0 Å². The van der Waals surface area contributed by atoms with E-state index in [-0.39, 0.29) is 17.6 Å². The van der Waals surface area contributed by atoms with Gasteiger partial charge in [0.05, 0.1) is 13.1 Å². The molecule has 2 aliphatic heterocycles. The Bertz CT molecular complexity index is 678. The molecule has 0 atom stereocenters. The van der Waals surface area contributed by atoms with Gasteiger partial charge < -0.3 is 19.7 Å². The molecule has 2 aliphatic rings. The van der Waals surface area contributed by atoms with Crippen molar-refractivity contribution in [2.24, 2.45) is 5.92 Å². The summed E-state index contributed by atoms with van der Waals surface area (Å²) in [5.74, 6) is -1.33. The number of hydrogen-bond acceptors (Lipinski definition) is 4. The molecule has 1 amide bonds. The molecule has 24 heavy (non-hydrogen) atoms. The number of piperidine rings is 1. The highest BCUT2D eigenvalue weighted by atomic mass is 16.4. The maximum atomic E-state index is 12.6. The van der Waals surface area contributed by atoms with Gasteiger partial charge in [-0.25, -0.2) is 0 Å². The number of quaternary nitrogens is 1. The fourth-order valence-electron chi connectivity index (χ4n) is 3.65. The first-order chi connectivity index (χ1) is 11.5. The molecule has 0 spiro atoms. The maximum absolute atomic E-state index is 12.6. The number of carboxylic acids is 1. The Morgan fingerprint density at radius 1 is 1.25 bits per heavy atom. The fourth-order valence-corrected chi connectivity index (χ4v) is 3.65. The van der Waals surface area contributed by atoms with E-state index in [1.165, 1.54) is 6.92 Å². The lowest BCUT2D eigenvalue weighted by atomic mass is 9.96. The number of ketones is 1. The van der Waals surface area contributed by atoms with E-state index in [9.17, 15) is 19.5 Å². The summed E-state index contributed by atoms with van der Waals surface area (Å²) in [6, 6.07) is 5.58. The van der Waals surface area contributed by atoms with Gasteiger partial charge in [-0.3, -0.25) is 9.59 Å². The summed E-state index contributed by atoms with van der Waals surface area (Å²) in [5.41, 5.74) is 2.57. The van der Waals surface area contributed by atoms with Crippen molar-refractivity contribution in [2.45, 2.75) is 26.2 Å². The molecule has 0 aliphatic carbocycles. The molecule has 0 bridgehead atoms. The minimum Gasteiger partial charge on any atom is -0.550 e. The third-order valence-corrected chi connectivity index (χ3v) is 5.12. The molecule has 0 radical (unpaired) electrons. The fraction of sp³-hybridized carbons (Fsp3) is 0.500. The quantitative estimate of drug-likeness (QED) is 0.705. The van der Waals surface area contributed by atoms with Crippen molar-refractivity contribution >= 4 is 23.3 Å². The van der Waals surface area contributed by atoms with Crippen LogP contribution in [0.15, 0.2) is 18.2 Å². The molecule has 6 nitrogen and oxygen atoms in total. The summed E-state index contributed by atoms with van der Waals surface area (Å²) < 4.78 is 0. The third-order valence-electron chi connectivity index (χ3n) is 5.12. The number of benzene rings is 1. The van der Waals surface area contributed by atoms with Gasteiger partial charge in [0.2, 0.25) is 11.7 Å². The van der Waals surface area contributed by atoms with Crippen molar-refractivity contribution in [1.82, 2.24) is 0 Å². The van der Waals surface area contributed by atoms with Crippen LogP contribution in [-0.2, 0) is 16.0 Å². The van der Waals surface area contributed by atoms with Crippen molar-refractivity contribution in [2.75, 3.05) is 31.1 Å². The number of fused-ring (bicyclic) bond motifs is 1. The molecule has 1 N–H and O–H groups in total. The number of carbonyl (C=O) groups excluding carboxylic acids is 3. The number of amides is 1. The van der Waals surface area contributed by atoms with E-state index >= 15 is 0 Å². The highest BCUT2D eigenvalue weighted by Gasteiger charge is 2.27. The lowest BCUT2D eigenvalue weighted by Gasteiger charge is -2.29. The first-order valence-corrected chi connectivity index (χ1v) is 8.44. The lowest BCUT2D eigenvalue weighted by Crippen LogP contribution is -3.14. The summed E-state index contributed by atoms with van der Waals surface area (Å²) in [5, 5.41) is 10.9. The molecular formula is C18H22N2O4. The highest BCUT2D eigenvalue weighted by molar-refractivity contribution is 6.00. The van der Waals surface area contributed by atoms with Crippen LogP contribution in [0.1, 0.15) is 35.7 Å². The number of nitrogens with one attached hydrogen (secondary N) is 1. The van der Waals surface area contributed by atoms with Gasteiger partial charge in [0.15, 0.2) is 0 Å². The largest absolute Gasteiger partial charge is 0.550 e. The van der Waals surface area contributed by atoms with Crippen molar-refractivity contribution < 1.29 is 24.4 Å². The molecular weight excluding hydrogens is 308 g/mol. The van der Waals surface area contributed by atoms with Crippen molar-refractivity contribution in [3.63, 3.8) is 0 Å². The standard InChI is InChI=1S/C18H22N2O4/c1-12(21)20-9-6-13-2-3-15(10-16(13)20)17(22)11-19-7-4-14(5-8-19)18(23)24/h2-3,10,14H,4-9,11H2,1H3,(H,23,24). The van der Waals surface area contributed by atoms with E-state index < -0.39 is 5.97 Å². The van der Waals surface area contributed by atoms with Crippen LogP contribution in [0, 0.1) is 5.92 Å². The Kier molecular flexibility index (Phi) is 4.66. The van der Waals surface area contributed by atoms with Gasteiger partial charge in [-0.05, 0) is 18.1 Å². The zero-order valence-corrected chi connectivity index (χ0v) is 13.8. The minimum absolute atomic E-state index is 0.00618. The summed E-state index contributed by atoms with van der Waals surface area (Å²) in [6.07, 6.45) is 1.95. The number of nitrogens with zero attached hydrogens (tertiary/aromatic N) is 1. The summed E-state index contributed by atoms with van der Waals surface area (Å²) in [7, 11) is 0. The normalized spacial score (nSPS) is 23.0. The van der Waals surface area contributed by atoms with Gasteiger partial charge in [-0.2, -0.15) is 0 Å². The van der Waals surface area contributed by atoms with Crippen LogP contribution in [0.2, 0.25) is 0 Å². The number of carboxylic acid groups (broad SMARTS) is 1. The molecule has 3 rings (SSSR count). The zero-order chi connectivity index (χ0) is 17.3. The second kappa shape index (κ2) is 6.73. The molecule has 1 saturated heterocycles. The number of hydrogen-bond donors (Lipinski definition) is 1. The number of Topliss-reactive ketones (excluding diaryl/α,β-unsaturated/α-hetero) is 1. The van der Waals surface area contributed by atoms with Crippen LogP contribution in [0.3, 0.4) is 0 Å². The predicted molar refractivity (Wildman–Crippen MR) is 85.8 cm³/mol. The van der Waals surface area contributed by atoms with Crippen LogP contribution in [0.25, 0.3) is 0 Å². The van der Waals surface area contributed by atoms with Gasteiger partial charge in [0.1, 0.15) is 6.54 Å². The summed E-state index contributed by atoms with van der Waals surface area (Å²) in [6.45, 7) is 3.92. The van der Waals surface area contributed by atoms with Crippen LogP contribution < -0.4 is 14.9 Å². The van der Waals surface area contributed by atoms with Crippen LogP contribution in [-0.4, -0.2) is 43.8 Å². The van der Waals surface area contributed by atoms with Crippen molar-refractivity contribution in [3.8, 4) is 0 Å². The Balaban J connectivity index is 1.65. The molecule has 1 aromatic carbocycles. The zero-order valence-electron chi connectivity index (χ0n) is 13.8. The van der Waals surface area contributed by atoms with Gasteiger partial charge in [-0.15, -0.1) is 0 Å². The molecule has 2 heterocycles. The third kappa shape index (κ3) is 3.33. The first kappa shape index (κ1) is 16.6. The Morgan fingerprint density at radius 3 is 2.58 bits per heavy atom. The van der Waals surface area contributed by atoms with Gasteiger partial charge in [0, 0.05) is 49.4 Å². The molecule has 128 valence electrons. The number of likely N-dealkylation sites (tertiary alicyclic amines) is 1. The number of anilines is 1. The van der Waals surface area contributed by atoms with Crippen LogP contribution in [0.5, 0.6) is 0 Å². The number of aliphatic carboxylic acids is 1. The van der Waals surface area contributed by atoms with Crippen molar-refractivity contribution in [3.05, 3.63) is 29.3 Å². The first-order valence-electron chi connectivity index (χ1n) is 8.44. The molecule has 0 unspecified atom stereocenters. The molecule has 0 saturated carbocycles. The van der Waals surface area contributed by atoms with Gasteiger partial charge in [0.25, 0.3) is 0 Å². The minimum atomic E-state index is -0.983. The molecule has 1 fully saturated rings. The second-order valence-corrected chi connectivity index (χ2v) is 6.71. The Labute approximate surface area is 141 Å². The number of rotatable bonds is 4. The SMILES string of the molecule is CC(=O)N1CCc2ccc(C(=O)C[NH+]3CCC(C(=O)[O-])CC3)cc21. The van der Waals surface area contributed by atoms with E-state index in [1.807, 2.05) is 18.2 Å². The average molecular weight is 330 g/mol. The Morgan fingerprint density at radius 2 is 1.96 bits per heavy atom. The summed E-state index contributed by atoms with van der Waals surface area (Å²) in [4.78, 5) is 37.9. The summed E-state index contributed by atoms with van der Waals surface area (Å²) >= 11 is 0. The second-order valence-electron chi connectivity index (χ2n) is 6.71. The monoisotopic (exact) mass is 330 g/mol. The van der Waals surface area contributed by atoms with Crippen LogP contribution >= 0.6 is 0 Å². The smallest absolute Gasteiger partial charge is 0.223 e. The lowest BCUT2D eigenvalue weighted by molar-refractivity contribution is -0.897. The maximum Gasteiger partial charge on any atom is 0.223 e.